The third kappa shape index (κ3) is 5.89. The van der Waals surface area contributed by atoms with Crippen LogP contribution in [0, 0.1) is 11.8 Å². The second-order valence-corrected chi connectivity index (χ2v) is 6.15. The van der Waals surface area contributed by atoms with Crippen LogP contribution in [0.25, 0.3) is 0 Å². The Balaban J connectivity index is 3.12. The fourth-order valence-corrected chi connectivity index (χ4v) is 2.92. The van der Waals surface area contributed by atoms with E-state index in [0.717, 1.165) is 6.07 Å². The molecule has 2 unspecified atom stereocenters. The monoisotopic (exact) mass is 385 g/mol. The molecule has 0 saturated heterocycles. The van der Waals surface area contributed by atoms with E-state index >= 15 is 0 Å². The molecule has 0 fully saturated rings. The van der Waals surface area contributed by atoms with Crippen LogP contribution in [-0.4, -0.2) is 17.6 Å². The predicted molar refractivity (Wildman–Crippen MR) is 83.3 cm³/mol. The summed E-state index contributed by atoms with van der Waals surface area (Å²) in [6.07, 6.45) is -9.70. The first-order valence-electron chi connectivity index (χ1n) is 8.10. The highest BCUT2D eigenvalue weighted by molar-refractivity contribution is 5.70. The van der Waals surface area contributed by atoms with E-state index in [9.17, 15) is 31.1 Å². The van der Waals surface area contributed by atoms with Gasteiger partial charge >= 0.3 is 18.3 Å². The number of hydrogen-bond acceptors (Lipinski definition) is 2. The fourth-order valence-electron chi connectivity index (χ4n) is 2.92. The van der Waals surface area contributed by atoms with E-state index in [0.29, 0.717) is 18.6 Å². The number of carbonyl (C=O) groups is 1. The van der Waals surface area contributed by atoms with Gasteiger partial charge in [-0.1, -0.05) is 19.4 Å². The van der Waals surface area contributed by atoms with Gasteiger partial charge < -0.3 is 10.8 Å². The van der Waals surface area contributed by atoms with Gasteiger partial charge in [0.15, 0.2) is 0 Å². The molecule has 3 N–H and O–H groups in total. The van der Waals surface area contributed by atoms with E-state index in [1.165, 1.54) is 0 Å². The van der Waals surface area contributed by atoms with Gasteiger partial charge in [0, 0.05) is 6.54 Å². The minimum atomic E-state index is -4.90. The molecule has 0 aliphatic heterocycles. The first kappa shape index (κ1) is 22.3. The maximum Gasteiger partial charge on any atom is 0.416 e. The van der Waals surface area contributed by atoms with Gasteiger partial charge in [-0.05, 0) is 42.9 Å². The van der Waals surface area contributed by atoms with Gasteiger partial charge in [-0.2, -0.15) is 26.3 Å². The molecule has 0 aliphatic rings. The minimum absolute atomic E-state index is 0.0104. The first-order chi connectivity index (χ1) is 11.9. The van der Waals surface area contributed by atoms with Crippen molar-refractivity contribution in [1.29, 1.82) is 0 Å². The number of rotatable bonds is 8. The highest BCUT2D eigenvalue weighted by Gasteiger charge is 2.40. The second-order valence-electron chi connectivity index (χ2n) is 6.15. The summed E-state index contributed by atoms with van der Waals surface area (Å²) >= 11 is 0. The molecule has 0 spiro atoms. The molecular formula is C17H21F6NO2. The van der Waals surface area contributed by atoms with Crippen LogP contribution >= 0.6 is 0 Å². The average molecular weight is 385 g/mol. The van der Waals surface area contributed by atoms with E-state index < -0.39 is 47.4 Å². The summed E-state index contributed by atoms with van der Waals surface area (Å²) in [6.45, 7) is 1.57. The molecule has 0 aromatic heterocycles. The Bertz CT molecular complexity index is 580. The highest BCUT2D eigenvalue weighted by atomic mass is 19.4. The number of aliphatic carboxylic acids is 1. The summed E-state index contributed by atoms with van der Waals surface area (Å²) in [4.78, 5) is 11.0. The van der Waals surface area contributed by atoms with Gasteiger partial charge in [-0.3, -0.25) is 4.79 Å². The maximum absolute atomic E-state index is 13.1. The number of nitrogens with two attached hydrogens (primary N) is 1. The van der Waals surface area contributed by atoms with Crippen LogP contribution in [0.1, 0.15) is 42.9 Å². The largest absolute Gasteiger partial charge is 0.481 e. The third-order valence-corrected chi connectivity index (χ3v) is 4.42. The second kappa shape index (κ2) is 8.75. The number of benzene rings is 1. The van der Waals surface area contributed by atoms with Gasteiger partial charge in [0.1, 0.15) is 0 Å². The Hall–Kier alpha value is -1.77. The Morgan fingerprint density at radius 1 is 1.12 bits per heavy atom. The minimum Gasteiger partial charge on any atom is -0.481 e. The van der Waals surface area contributed by atoms with Crippen molar-refractivity contribution in [2.24, 2.45) is 17.6 Å². The number of carboxylic acid groups (broad SMARTS) is 1. The van der Waals surface area contributed by atoms with Crippen LogP contribution in [-0.2, 0) is 23.6 Å². The first-order valence-corrected chi connectivity index (χ1v) is 8.10. The van der Waals surface area contributed by atoms with Crippen LogP contribution in [0.2, 0.25) is 0 Å². The lowest BCUT2D eigenvalue weighted by molar-refractivity contribution is -0.144. The summed E-state index contributed by atoms with van der Waals surface area (Å²) in [7, 11) is 0. The standard InChI is InChI=1S/C17H21F6NO2/c1-2-10(8-11(9-24)15(25)26)6-7-12-13(16(18,19)20)4-3-5-14(12)17(21,22)23/h3-5,10-11H,2,6-9,24H2,1H3,(H,25,26). The van der Waals surface area contributed by atoms with Crippen LogP contribution in [0.4, 0.5) is 26.3 Å². The van der Waals surface area contributed by atoms with E-state index in [4.69, 9.17) is 10.8 Å². The third-order valence-electron chi connectivity index (χ3n) is 4.42. The van der Waals surface area contributed by atoms with Gasteiger partial charge in [0.2, 0.25) is 0 Å². The Morgan fingerprint density at radius 3 is 1.96 bits per heavy atom. The zero-order valence-corrected chi connectivity index (χ0v) is 14.1. The topological polar surface area (TPSA) is 63.3 Å². The summed E-state index contributed by atoms with van der Waals surface area (Å²) in [5.41, 5.74) is 1.95. The lowest BCUT2D eigenvalue weighted by atomic mass is 9.86. The summed E-state index contributed by atoms with van der Waals surface area (Å²) in [5, 5.41) is 9.03. The molecule has 9 heteroatoms. The van der Waals surface area contributed by atoms with Crippen molar-refractivity contribution in [2.45, 2.75) is 45.0 Å². The zero-order chi connectivity index (χ0) is 20.1. The molecule has 0 saturated carbocycles. The average Bonchev–Trinajstić information content (AvgIpc) is 2.52. The van der Waals surface area contributed by atoms with Gasteiger partial charge in [0.25, 0.3) is 0 Å². The SMILES string of the molecule is CCC(CCc1c(C(F)(F)F)cccc1C(F)(F)F)CC(CN)C(=O)O. The Labute approximate surface area is 147 Å². The summed E-state index contributed by atoms with van der Waals surface area (Å²) < 4.78 is 78.8. The maximum atomic E-state index is 13.1. The number of alkyl halides is 6. The molecule has 1 aromatic carbocycles. The van der Waals surface area contributed by atoms with Crippen molar-refractivity contribution in [3.63, 3.8) is 0 Å². The molecule has 1 rings (SSSR count). The number of halogens is 6. The van der Waals surface area contributed by atoms with Gasteiger partial charge in [-0.25, -0.2) is 0 Å². The van der Waals surface area contributed by atoms with E-state index in [2.05, 4.69) is 0 Å². The van der Waals surface area contributed by atoms with Crippen LogP contribution < -0.4 is 5.73 Å². The molecule has 2 atom stereocenters. The van der Waals surface area contributed by atoms with Crippen molar-refractivity contribution >= 4 is 5.97 Å². The summed E-state index contributed by atoms with van der Waals surface area (Å²) in [6, 6.07) is 2.00. The highest BCUT2D eigenvalue weighted by Crippen LogP contribution is 2.40. The van der Waals surface area contributed by atoms with Crippen molar-refractivity contribution in [3.8, 4) is 0 Å². The van der Waals surface area contributed by atoms with Crippen molar-refractivity contribution in [3.05, 3.63) is 34.9 Å². The molecule has 26 heavy (non-hydrogen) atoms. The smallest absolute Gasteiger partial charge is 0.416 e. The molecule has 0 bridgehead atoms. The number of carboxylic acids is 1. The normalized spacial score (nSPS) is 14.9. The van der Waals surface area contributed by atoms with Gasteiger partial charge in [-0.15, -0.1) is 0 Å². The Morgan fingerprint density at radius 2 is 1.62 bits per heavy atom. The molecule has 1 aromatic rings. The fraction of sp³-hybridized carbons (Fsp3) is 0.588. The Kier molecular flexibility index (Phi) is 7.49. The predicted octanol–water partition coefficient (Wildman–Crippen LogP) is 4.73. The van der Waals surface area contributed by atoms with E-state index in [1.807, 2.05) is 0 Å². The lowest BCUT2D eigenvalue weighted by Gasteiger charge is -2.22. The van der Waals surface area contributed by atoms with Crippen molar-refractivity contribution in [2.75, 3.05) is 6.54 Å². The molecule has 0 amide bonds. The summed E-state index contributed by atoms with van der Waals surface area (Å²) in [5.74, 6) is -2.35. The van der Waals surface area contributed by atoms with E-state index in [1.54, 1.807) is 6.92 Å². The van der Waals surface area contributed by atoms with Gasteiger partial charge in [0.05, 0.1) is 17.0 Å². The zero-order valence-electron chi connectivity index (χ0n) is 14.1. The van der Waals surface area contributed by atoms with Crippen LogP contribution in [0.15, 0.2) is 18.2 Å². The number of hydrogen-bond donors (Lipinski definition) is 2. The molecule has 148 valence electrons. The molecule has 0 aliphatic carbocycles. The van der Waals surface area contributed by atoms with Crippen LogP contribution in [0.5, 0.6) is 0 Å². The molecule has 0 heterocycles. The molecular weight excluding hydrogens is 364 g/mol. The van der Waals surface area contributed by atoms with Crippen LogP contribution in [0.3, 0.4) is 0 Å². The quantitative estimate of drug-likeness (QED) is 0.636. The van der Waals surface area contributed by atoms with Crippen molar-refractivity contribution in [1.82, 2.24) is 0 Å². The molecule has 0 radical (unpaired) electrons. The van der Waals surface area contributed by atoms with E-state index in [-0.39, 0.29) is 25.3 Å². The lowest BCUT2D eigenvalue weighted by Crippen LogP contribution is -2.26. The molecule has 3 nitrogen and oxygen atoms in total. The van der Waals surface area contributed by atoms with Crippen molar-refractivity contribution < 1.29 is 36.2 Å².